The van der Waals surface area contributed by atoms with Crippen molar-refractivity contribution >= 4 is 23.5 Å². The number of carbonyl (C=O) groups is 4. The van der Waals surface area contributed by atoms with E-state index in [9.17, 15) is 39.6 Å². The van der Waals surface area contributed by atoms with E-state index in [2.05, 4.69) is 0 Å². The quantitative estimate of drug-likeness (QED) is 0.457. The zero-order chi connectivity index (χ0) is 22.0. The van der Waals surface area contributed by atoms with Crippen LogP contribution < -0.4 is 0 Å². The number of aromatic hydroxyl groups is 2. The van der Waals surface area contributed by atoms with Crippen LogP contribution in [0.15, 0.2) is 60.7 Å². The Morgan fingerprint density at radius 3 is 1.07 bits per heavy atom. The van der Waals surface area contributed by atoms with Crippen molar-refractivity contribution < 1.29 is 39.6 Å². The lowest BCUT2D eigenvalue weighted by molar-refractivity contribution is 0.0677. The summed E-state index contributed by atoms with van der Waals surface area (Å²) in [5.41, 5.74) is -1.84. The highest BCUT2D eigenvalue weighted by atomic mass is 16.4. The molecule has 0 saturated carbocycles. The van der Waals surface area contributed by atoms with Gasteiger partial charge < -0.3 is 20.4 Å². The minimum absolute atomic E-state index is 0.0317. The van der Waals surface area contributed by atoms with Crippen molar-refractivity contribution in [2.75, 3.05) is 0 Å². The van der Waals surface area contributed by atoms with E-state index in [1.54, 1.807) is 0 Å². The van der Waals surface area contributed by atoms with Gasteiger partial charge in [0, 0.05) is 22.3 Å². The molecule has 0 amide bonds. The van der Waals surface area contributed by atoms with Gasteiger partial charge in [0.2, 0.25) is 0 Å². The van der Waals surface area contributed by atoms with E-state index in [-0.39, 0.29) is 22.6 Å². The molecular weight excluding hydrogens is 392 g/mol. The lowest BCUT2D eigenvalue weighted by Crippen LogP contribution is -2.17. The normalized spacial score (nSPS) is 10.4. The van der Waals surface area contributed by atoms with Crippen molar-refractivity contribution in [3.63, 3.8) is 0 Å². The second-order valence-corrected chi connectivity index (χ2v) is 6.31. The van der Waals surface area contributed by atoms with Gasteiger partial charge in [0.05, 0.1) is 11.1 Å². The summed E-state index contributed by atoms with van der Waals surface area (Å²) in [5, 5.41) is 37.8. The average molecular weight is 406 g/mol. The average Bonchev–Trinajstić information content (AvgIpc) is 2.72. The lowest BCUT2D eigenvalue weighted by atomic mass is 9.90. The monoisotopic (exact) mass is 406 g/mol. The molecule has 0 fully saturated rings. The third-order valence-corrected chi connectivity index (χ3v) is 4.37. The number of benzene rings is 3. The molecule has 0 radical (unpaired) electrons. The van der Waals surface area contributed by atoms with Crippen LogP contribution in [0.2, 0.25) is 0 Å². The van der Waals surface area contributed by atoms with E-state index in [0.717, 1.165) is 12.1 Å². The Labute approximate surface area is 169 Å². The van der Waals surface area contributed by atoms with E-state index in [1.807, 2.05) is 0 Å². The van der Waals surface area contributed by atoms with E-state index < -0.39 is 45.8 Å². The minimum atomic E-state index is -1.52. The molecule has 0 atom stereocenters. The van der Waals surface area contributed by atoms with Crippen LogP contribution in [0.1, 0.15) is 52.6 Å². The van der Waals surface area contributed by atoms with Gasteiger partial charge >= 0.3 is 11.9 Å². The Bertz CT molecular complexity index is 1080. The van der Waals surface area contributed by atoms with E-state index in [1.165, 1.54) is 48.5 Å². The predicted molar refractivity (Wildman–Crippen MR) is 103 cm³/mol. The molecule has 0 spiro atoms. The highest BCUT2D eigenvalue weighted by Gasteiger charge is 2.26. The highest BCUT2D eigenvalue weighted by molar-refractivity contribution is 6.19. The SMILES string of the molecule is O=C(O)c1cc(C(=O)c2ccc(O)cc2)c(C(=O)O)cc1C(=O)c1ccc(O)cc1. The number of hydrogen-bond donors (Lipinski definition) is 4. The van der Waals surface area contributed by atoms with Gasteiger partial charge in [0.1, 0.15) is 11.5 Å². The zero-order valence-electron chi connectivity index (χ0n) is 15.2. The van der Waals surface area contributed by atoms with Gasteiger partial charge in [-0.2, -0.15) is 0 Å². The number of ketones is 2. The van der Waals surface area contributed by atoms with Crippen molar-refractivity contribution in [1.82, 2.24) is 0 Å². The van der Waals surface area contributed by atoms with Crippen molar-refractivity contribution in [3.05, 3.63) is 94.0 Å². The van der Waals surface area contributed by atoms with Crippen LogP contribution in [0.5, 0.6) is 11.5 Å². The number of carboxylic acids is 2. The molecule has 0 aliphatic rings. The maximum atomic E-state index is 12.8. The largest absolute Gasteiger partial charge is 0.508 e. The molecule has 0 aliphatic carbocycles. The van der Waals surface area contributed by atoms with Crippen LogP contribution in [0.25, 0.3) is 0 Å². The first-order valence-corrected chi connectivity index (χ1v) is 8.51. The zero-order valence-corrected chi connectivity index (χ0v) is 15.2. The van der Waals surface area contributed by atoms with Crippen LogP contribution >= 0.6 is 0 Å². The van der Waals surface area contributed by atoms with E-state index in [4.69, 9.17) is 0 Å². The number of phenols is 2. The van der Waals surface area contributed by atoms with Gasteiger partial charge in [0.25, 0.3) is 0 Å². The fourth-order valence-corrected chi connectivity index (χ4v) is 2.87. The van der Waals surface area contributed by atoms with Gasteiger partial charge in [-0.3, -0.25) is 9.59 Å². The molecule has 0 heterocycles. The van der Waals surface area contributed by atoms with Crippen LogP contribution in [0.4, 0.5) is 0 Å². The molecule has 3 aromatic rings. The summed E-state index contributed by atoms with van der Waals surface area (Å²) in [7, 11) is 0. The summed E-state index contributed by atoms with van der Waals surface area (Å²) in [5.74, 6) is -4.81. The van der Waals surface area contributed by atoms with Gasteiger partial charge in [0.15, 0.2) is 11.6 Å². The van der Waals surface area contributed by atoms with Gasteiger partial charge in [-0.1, -0.05) is 0 Å². The first-order valence-electron chi connectivity index (χ1n) is 8.51. The molecular formula is C22H14O8. The second kappa shape index (κ2) is 7.88. The van der Waals surface area contributed by atoms with Gasteiger partial charge in [-0.25, -0.2) is 9.59 Å². The number of aromatic carboxylic acids is 2. The van der Waals surface area contributed by atoms with Crippen LogP contribution in [0, 0.1) is 0 Å². The summed E-state index contributed by atoms with van der Waals surface area (Å²) in [6, 6.07) is 11.7. The Balaban J connectivity index is 2.19. The molecule has 3 rings (SSSR count). The molecule has 4 N–H and O–H groups in total. The van der Waals surface area contributed by atoms with Crippen molar-refractivity contribution in [3.8, 4) is 11.5 Å². The molecule has 150 valence electrons. The predicted octanol–water partition coefficient (Wildman–Crippen LogP) is 2.96. The number of phenolic OH excluding ortho intramolecular Hbond substituents is 2. The molecule has 3 aromatic carbocycles. The van der Waals surface area contributed by atoms with Crippen molar-refractivity contribution in [1.29, 1.82) is 0 Å². The Hall–Kier alpha value is -4.46. The van der Waals surface area contributed by atoms with Crippen LogP contribution in [0.3, 0.4) is 0 Å². The summed E-state index contributed by atoms with van der Waals surface area (Å²) in [4.78, 5) is 49.1. The van der Waals surface area contributed by atoms with E-state index in [0.29, 0.717) is 0 Å². The van der Waals surface area contributed by atoms with E-state index >= 15 is 0 Å². The van der Waals surface area contributed by atoms with Gasteiger partial charge in [-0.15, -0.1) is 0 Å². The summed E-state index contributed by atoms with van der Waals surface area (Å²) >= 11 is 0. The molecule has 0 aliphatic heterocycles. The molecule has 8 heteroatoms. The van der Waals surface area contributed by atoms with Gasteiger partial charge in [-0.05, 0) is 60.7 Å². The number of rotatable bonds is 6. The van der Waals surface area contributed by atoms with Crippen LogP contribution in [-0.2, 0) is 0 Å². The third kappa shape index (κ3) is 3.88. The number of carbonyl (C=O) groups excluding carboxylic acids is 2. The summed E-state index contributed by atoms with van der Waals surface area (Å²) in [6.45, 7) is 0. The molecule has 0 bridgehead atoms. The molecule has 0 aromatic heterocycles. The number of carboxylic acid groups (broad SMARTS) is 2. The fourth-order valence-electron chi connectivity index (χ4n) is 2.87. The summed E-state index contributed by atoms with van der Waals surface area (Å²) < 4.78 is 0. The Morgan fingerprint density at radius 1 is 0.500 bits per heavy atom. The van der Waals surface area contributed by atoms with Crippen molar-refractivity contribution in [2.24, 2.45) is 0 Å². The molecule has 8 nitrogen and oxygen atoms in total. The second-order valence-electron chi connectivity index (χ2n) is 6.31. The van der Waals surface area contributed by atoms with Crippen LogP contribution in [-0.4, -0.2) is 43.9 Å². The Kier molecular flexibility index (Phi) is 5.33. The first kappa shape index (κ1) is 20.3. The third-order valence-electron chi connectivity index (χ3n) is 4.37. The topological polar surface area (TPSA) is 149 Å². The maximum absolute atomic E-state index is 12.8. The molecule has 0 saturated heterocycles. The highest BCUT2D eigenvalue weighted by Crippen LogP contribution is 2.25. The summed E-state index contributed by atoms with van der Waals surface area (Å²) in [6.07, 6.45) is 0. The minimum Gasteiger partial charge on any atom is -0.508 e. The number of hydrogen-bond acceptors (Lipinski definition) is 6. The Morgan fingerprint density at radius 2 is 0.800 bits per heavy atom. The van der Waals surface area contributed by atoms with Crippen molar-refractivity contribution in [2.45, 2.75) is 0 Å². The smallest absolute Gasteiger partial charge is 0.336 e. The molecule has 0 unspecified atom stereocenters. The maximum Gasteiger partial charge on any atom is 0.336 e. The molecule has 30 heavy (non-hydrogen) atoms. The standard InChI is InChI=1S/C22H14O8/c23-13-5-1-11(2-6-13)19(25)15-9-18(22(29)30)16(10-17(15)21(27)28)20(26)12-3-7-14(24)8-4-12/h1-10,23-24H,(H,27,28)(H,29,30). The first-order chi connectivity index (χ1) is 14.2. The fraction of sp³-hybridized carbons (Fsp3) is 0. The lowest BCUT2D eigenvalue weighted by Gasteiger charge is -2.12.